The summed E-state index contributed by atoms with van der Waals surface area (Å²) < 4.78 is 0. The summed E-state index contributed by atoms with van der Waals surface area (Å²) in [4.78, 5) is 37.7. The van der Waals surface area contributed by atoms with Crippen LogP contribution >= 0.6 is 0 Å². The number of amides is 2. The van der Waals surface area contributed by atoms with E-state index < -0.39 is 0 Å². The van der Waals surface area contributed by atoms with Crippen LogP contribution in [0.15, 0.2) is 37.1 Å². The first-order chi connectivity index (χ1) is 14.1. The lowest BCUT2D eigenvalue weighted by Crippen LogP contribution is -2.42. The summed E-state index contributed by atoms with van der Waals surface area (Å²) in [6, 6.07) is 4.36. The minimum Gasteiger partial charge on any atom is -0.356 e. The quantitative estimate of drug-likeness (QED) is 0.555. The fourth-order valence-electron chi connectivity index (χ4n) is 3.75. The third-order valence-corrected chi connectivity index (χ3v) is 5.58. The highest BCUT2D eigenvalue weighted by Crippen LogP contribution is 2.24. The molecule has 2 amide bonds. The van der Waals surface area contributed by atoms with Gasteiger partial charge in [-0.3, -0.25) is 19.5 Å². The van der Waals surface area contributed by atoms with Crippen molar-refractivity contribution in [2.45, 2.75) is 50.6 Å². The molecule has 3 N–H and O–H groups in total. The zero-order valence-electron chi connectivity index (χ0n) is 16.9. The molecule has 0 saturated carbocycles. The second-order valence-electron chi connectivity index (χ2n) is 7.60. The number of aryl methyl sites for hydroxylation is 1. The number of imidazole rings is 1. The number of H-pyrrole nitrogens is 1. The molecule has 0 radical (unpaired) electrons. The molecule has 29 heavy (non-hydrogen) atoms. The molecule has 156 valence electrons. The fourth-order valence-corrected chi connectivity index (χ4v) is 3.75. The van der Waals surface area contributed by atoms with Gasteiger partial charge in [0.2, 0.25) is 11.8 Å². The Labute approximate surface area is 171 Å². The fraction of sp³-hybridized carbons (Fsp3) is 0.524. The molecule has 0 aromatic carbocycles. The highest BCUT2D eigenvalue weighted by Gasteiger charge is 2.31. The molecular weight excluding hydrogens is 368 g/mol. The molecule has 2 aromatic rings. The van der Waals surface area contributed by atoms with E-state index in [9.17, 15) is 9.59 Å². The normalized spacial score (nSPS) is 19.2. The molecule has 8 heteroatoms. The Bertz CT molecular complexity index is 765. The predicted molar refractivity (Wildman–Crippen MR) is 110 cm³/mol. The van der Waals surface area contributed by atoms with E-state index in [1.165, 1.54) is 0 Å². The number of carbonyl (C=O) groups excluding carboxylic acids is 2. The second-order valence-corrected chi connectivity index (χ2v) is 7.60. The summed E-state index contributed by atoms with van der Waals surface area (Å²) in [6.07, 6.45) is 11.3. The largest absolute Gasteiger partial charge is 0.356 e. The Morgan fingerprint density at radius 2 is 2.00 bits per heavy atom. The lowest BCUT2D eigenvalue weighted by molar-refractivity contribution is -0.123. The number of carbonyl (C=O) groups is 2. The van der Waals surface area contributed by atoms with Crippen LogP contribution in [0.5, 0.6) is 0 Å². The average Bonchev–Trinajstić information content (AvgIpc) is 3.36. The van der Waals surface area contributed by atoms with Gasteiger partial charge < -0.3 is 15.6 Å². The number of pyridine rings is 1. The van der Waals surface area contributed by atoms with Crippen LogP contribution in [-0.4, -0.2) is 63.9 Å². The summed E-state index contributed by atoms with van der Waals surface area (Å²) in [5.41, 5.74) is 2.09. The van der Waals surface area contributed by atoms with E-state index in [2.05, 4.69) is 30.5 Å². The minimum atomic E-state index is 0.0576. The van der Waals surface area contributed by atoms with Gasteiger partial charge in [-0.2, -0.15) is 0 Å². The van der Waals surface area contributed by atoms with Gasteiger partial charge in [0.1, 0.15) is 0 Å². The Morgan fingerprint density at radius 3 is 2.76 bits per heavy atom. The molecule has 3 heterocycles. The molecule has 0 aliphatic carbocycles. The van der Waals surface area contributed by atoms with E-state index in [0.29, 0.717) is 32.4 Å². The van der Waals surface area contributed by atoms with Gasteiger partial charge in [-0.05, 0) is 37.9 Å². The molecule has 0 spiro atoms. The molecule has 0 bridgehead atoms. The second kappa shape index (κ2) is 10.7. The number of nitrogens with zero attached hydrogens (tertiary/aromatic N) is 3. The lowest BCUT2D eigenvalue weighted by Gasteiger charge is -2.25. The van der Waals surface area contributed by atoms with E-state index in [1.807, 2.05) is 19.2 Å². The van der Waals surface area contributed by atoms with Crippen molar-refractivity contribution >= 4 is 11.8 Å². The average molecular weight is 399 g/mol. The molecule has 1 saturated heterocycles. The van der Waals surface area contributed by atoms with Crippen LogP contribution in [0.4, 0.5) is 0 Å². The van der Waals surface area contributed by atoms with Crippen molar-refractivity contribution in [3.63, 3.8) is 0 Å². The van der Waals surface area contributed by atoms with Gasteiger partial charge in [-0.15, -0.1) is 0 Å². The molecule has 2 atom stereocenters. The summed E-state index contributed by atoms with van der Waals surface area (Å²) in [6.45, 7) is 1.23. The van der Waals surface area contributed by atoms with Gasteiger partial charge >= 0.3 is 0 Å². The van der Waals surface area contributed by atoms with Crippen molar-refractivity contribution in [2.75, 3.05) is 20.1 Å². The van der Waals surface area contributed by atoms with Crippen molar-refractivity contribution in [2.24, 2.45) is 0 Å². The molecule has 3 rings (SSSR count). The highest BCUT2D eigenvalue weighted by molar-refractivity contribution is 5.77. The van der Waals surface area contributed by atoms with Crippen LogP contribution in [0.2, 0.25) is 0 Å². The van der Waals surface area contributed by atoms with Crippen LogP contribution in [0.3, 0.4) is 0 Å². The van der Waals surface area contributed by atoms with Crippen molar-refractivity contribution in [1.82, 2.24) is 30.5 Å². The molecule has 0 unspecified atom stereocenters. The van der Waals surface area contributed by atoms with Crippen LogP contribution in [0.1, 0.15) is 36.9 Å². The van der Waals surface area contributed by atoms with Gasteiger partial charge in [-0.1, -0.05) is 6.07 Å². The van der Waals surface area contributed by atoms with Crippen molar-refractivity contribution < 1.29 is 9.59 Å². The predicted octanol–water partition coefficient (Wildman–Crippen LogP) is 1.07. The maximum absolute atomic E-state index is 12.2. The van der Waals surface area contributed by atoms with E-state index in [0.717, 1.165) is 30.5 Å². The number of nitrogens with one attached hydrogen (secondary N) is 3. The van der Waals surface area contributed by atoms with Gasteiger partial charge in [0.25, 0.3) is 0 Å². The smallest absolute Gasteiger partial charge is 0.221 e. The van der Waals surface area contributed by atoms with E-state index in [4.69, 9.17) is 0 Å². The maximum Gasteiger partial charge on any atom is 0.221 e. The number of likely N-dealkylation sites (N-methyl/N-ethyl adjacent to an activating group) is 1. The van der Waals surface area contributed by atoms with Crippen molar-refractivity contribution in [3.05, 3.63) is 48.3 Å². The molecule has 1 fully saturated rings. The van der Waals surface area contributed by atoms with E-state index >= 15 is 0 Å². The molecule has 1 aliphatic rings. The summed E-state index contributed by atoms with van der Waals surface area (Å²) in [5, 5.41) is 6.02. The summed E-state index contributed by atoms with van der Waals surface area (Å²) in [7, 11) is 2.04. The lowest BCUT2D eigenvalue weighted by atomic mass is 10.1. The molecular formula is C21H30N6O2. The van der Waals surface area contributed by atoms with Gasteiger partial charge in [0, 0.05) is 68.7 Å². The number of likely N-dealkylation sites (tertiary alicyclic amines) is 1. The Hall–Kier alpha value is -2.74. The number of hydrogen-bond acceptors (Lipinski definition) is 5. The monoisotopic (exact) mass is 398 g/mol. The van der Waals surface area contributed by atoms with Crippen molar-refractivity contribution in [1.29, 1.82) is 0 Å². The van der Waals surface area contributed by atoms with Crippen LogP contribution < -0.4 is 10.6 Å². The van der Waals surface area contributed by atoms with Crippen LogP contribution in [0.25, 0.3) is 0 Å². The number of rotatable bonds is 10. The third kappa shape index (κ3) is 6.67. The minimum absolute atomic E-state index is 0.0576. The number of aromatic nitrogens is 3. The topological polar surface area (TPSA) is 103 Å². The van der Waals surface area contributed by atoms with Crippen LogP contribution in [0, 0.1) is 0 Å². The number of aromatic amines is 1. The molecule has 1 aliphatic heterocycles. The first-order valence-corrected chi connectivity index (χ1v) is 10.2. The zero-order valence-corrected chi connectivity index (χ0v) is 16.9. The highest BCUT2D eigenvalue weighted by atomic mass is 16.2. The summed E-state index contributed by atoms with van der Waals surface area (Å²) in [5.74, 6) is 0.129. The first-order valence-electron chi connectivity index (χ1n) is 10.2. The molecule has 8 nitrogen and oxygen atoms in total. The summed E-state index contributed by atoms with van der Waals surface area (Å²) >= 11 is 0. The SMILES string of the molecule is CN1[C@@H](CC(=O)NCCc2cnc[nH]2)CC[C@H]1CNC(=O)CCc1cccnc1. The standard InChI is InChI=1S/C21H30N6O2/c1-27-18(11-21(29)24-10-8-17-13-23-15-26-17)5-6-19(27)14-25-20(28)7-4-16-3-2-9-22-12-16/h2-3,9,12-13,15,18-19H,4-8,10-11,14H2,1H3,(H,23,26)(H,24,29)(H,25,28)/t18-,19+/m1/s1. The Kier molecular flexibility index (Phi) is 7.75. The maximum atomic E-state index is 12.2. The Morgan fingerprint density at radius 1 is 1.14 bits per heavy atom. The Balaban J connectivity index is 1.32. The van der Waals surface area contributed by atoms with Gasteiger partial charge in [0.15, 0.2) is 0 Å². The van der Waals surface area contributed by atoms with Crippen molar-refractivity contribution in [3.8, 4) is 0 Å². The van der Waals surface area contributed by atoms with Gasteiger partial charge in [-0.25, -0.2) is 4.98 Å². The zero-order chi connectivity index (χ0) is 20.5. The van der Waals surface area contributed by atoms with Crippen LogP contribution in [-0.2, 0) is 22.4 Å². The van der Waals surface area contributed by atoms with Gasteiger partial charge in [0.05, 0.1) is 6.33 Å². The third-order valence-electron chi connectivity index (χ3n) is 5.58. The van der Waals surface area contributed by atoms with E-state index in [-0.39, 0.29) is 23.9 Å². The van der Waals surface area contributed by atoms with E-state index in [1.54, 1.807) is 24.9 Å². The first kappa shape index (κ1) is 21.0. The number of hydrogen-bond donors (Lipinski definition) is 3. The molecule has 2 aromatic heterocycles.